The van der Waals surface area contributed by atoms with Gasteiger partial charge in [0.2, 0.25) is 0 Å². The van der Waals surface area contributed by atoms with Gasteiger partial charge in [-0.05, 0) is 6.07 Å². The van der Waals surface area contributed by atoms with Crippen molar-refractivity contribution in [2.45, 2.75) is 6.54 Å². The molecule has 0 aliphatic heterocycles. The quantitative estimate of drug-likeness (QED) is 0.518. The largest absolute Gasteiger partial charge is 0.478 e. The first-order valence-electron chi connectivity index (χ1n) is 4.27. The zero-order valence-electron chi connectivity index (χ0n) is 7.97. The number of hydrogen-bond acceptors (Lipinski definition) is 3. The topological polar surface area (TPSA) is 67.2 Å². The van der Waals surface area contributed by atoms with Crippen molar-refractivity contribution in [2.24, 2.45) is 7.05 Å². The maximum atomic E-state index is 10.1. The molecule has 0 unspecified atom stereocenters. The summed E-state index contributed by atoms with van der Waals surface area (Å²) in [4.78, 5) is 10.1. The van der Waals surface area contributed by atoms with Crippen molar-refractivity contribution < 1.29 is 9.90 Å². The van der Waals surface area contributed by atoms with Crippen LogP contribution in [0.15, 0.2) is 24.4 Å². The zero-order valence-corrected chi connectivity index (χ0v) is 7.97. The van der Waals surface area contributed by atoms with Crippen molar-refractivity contribution in [1.29, 1.82) is 0 Å². The first-order chi connectivity index (χ1) is 6.68. The average molecular weight is 195 g/mol. The highest BCUT2D eigenvalue weighted by Crippen LogP contribution is 1.92. The van der Waals surface area contributed by atoms with Crippen LogP contribution in [0.25, 0.3) is 0 Å². The molecule has 1 rings (SSSR count). The predicted octanol–water partition coefficient (Wildman–Crippen LogP) is 0.150. The summed E-state index contributed by atoms with van der Waals surface area (Å²) in [5.74, 6) is -0.926. The van der Waals surface area contributed by atoms with E-state index in [1.54, 1.807) is 10.8 Å². The minimum atomic E-state index is -0.926. The lowest BCUT2D eigenvalue weighted by atomic mass is 10.4. The molecule has 14 heavy (non-hydrogen) atoms. The number of carboxylic acids is 1. The van der Waals surface area contributed by atoms with Crippen molar-refractivity contribution in [3.63, 3.8) is 0 Å². The number of nitrogens with one attached hydrogen (secondary N) is 1. The van der Waals surface area contributed by atoms with E-state index in [0.29, 0.717) is 13.1 Å². The van der Waals surface area contributed by atoms with Crippen LogP contribution >= 0.6 is 0 Å². The number of rotatable bonds is 5. The van der Waals surface area contributed by atoms with Gasteiger partial charge < -0.3 is 10.4 Å². The maximum Gasteiger partial charge on any atom is 0.328 e. The van der Waals surface area contributed by atoms with E-state index in [0.717, 1.165) is 11.8 Å². The fourth-order valence-corrected chi connectivity index (χ4v) is 1.00. The van der Waals surface area contributed by atoms with E-state index in [9.17, 15) is 4.79 Å². The predicted molar refractivity (Wildman–Crippen MR) is 51.7 cm³/mol. The summed E-state index contributed by atoms with van der Waals surface area (Å²) in [6.07, 6.45) is 4.54. The van der Waals surface area contributed by atoms with E-state index in [1.807, 2.05) is 19.3 Å². The Labute approximate surface area is 82.0 Å². The molecule has 5 nitrogen and oxygen atoms in total. The Kier molecular flexibility index (Phi) is 3.87. The van der Waals surface area contributed by atoms with Crippen LogP contribution in [0.4, 0.5) is 0 Å². The molecule has 0 amide bonds. The number of aliphatic carboxylic acids is 1. The number of carboxylic acid groups (broad SMARTS) is 1. The minimum absolute atomic E-state index is 0.531. The highest BCUT2D eigenvalue weighted by Gasteiger charge is 1.93. The lowest BCUT2D eigenvalue weighted by Gasteiger charge is -1.96. The normalized spacial score (nSPS) is 10.9. The Hall–Kier alpha value is -1.62. The molecule has 0 bridgehead atoms. The van der Waals surface area contributed by atoms with Gasteiger partial charge >= 0.3 is 5.97 Å². The highest BCUT2D eigenvalue weighted by molar-refractivity contribution is 5.79. The summed E-state index contributed by atoms with van der Waals surface area (Å²) < 4.78 is 1.73. The zero-order chi connectivity index (χ0) is 10.4. The van der Waals surface area contributed by atoms with E-state index in [1.165, 1.54) is 0 Å². The minimum Gasteiger partial charge on any atom is -0.478 e. The third kappa shape index (κ3) is 3.86. The molecule has 0 aromatic carbocycles. The van der Waals surface area contributed by atoms with Gasteiger partial charge in [-0.15, -0.1) is 0 Å². The average Bonchev–Trinajstić information content (AvgIpc) is 2.50. The fourth-order valence-electron chi connectivity index (χ4n) is 1.00. The van der Waals surface area contributed by atoms with Crippen molar-refractivity contribution in [3.8, 4) is 0 Å². The van der Waals surface area contributed by atoms with Gasteiger partial charge in [-0.1, -0.05) is 6.08 Å². The van der Waals surface area contributed by atoms with Crippen molar-refractivity contribution >= 4 is 5.97 Å². The van der Waals surface area contributed by atoms with Crippen LogP contribution in [0, 0.1) is 0 Å². The third-order valence-corrected chi connectivity index (χ3v) is 1.60. The molecule has 76 valence electrons. The van der Waals surface area contributed by atoms with E-state index < -0.39 is 5.97 Å². The Balaban J connectivity index is 2.19. The van der Waals surface area contributed by atoms with Gasteiger partial charge in [-0.25, -0.2) is 4.79 Å². The summed E-state index contributed by atoms with van der Waals surface area (Å²) >= 11 is 0. The Morgan fingerprint density at radius 2 is 2.57 bits per heavy atom. The van der Waals surface area contributed by atoms with Crippen molar-refractivity contribution in [2.75, 3.05) is 6.54 Å². The van der Waals surface area contributed by atoms with Gasteiger partial charge in [0.05, 0.1) is 5.69 Å². The van der Waals surface area contributed by atoms with Crippen LogP contribution in [-0.4, -0.2) is 27.4 Å². The standard InChI is InChI=1S/C9H13N3O2/c1-12-6-4-8(11-12)7-10-5-2-3-9(13)14/h2-4,6,10H,5,7H2,1H3,(H,13,14)/b3-2+. The molecule has 0 aliphatic rings. The molecular weight excluding hydrogens is 182 g/mol. The van der Waals surface area contributed by atoms with Crippen LogP contribution < -0.4 is 5.32 Å². The molecule has 0 radical (unpaired) electrons. The molecule has 0 fully saturated rings. The first-order valence-corrected chi connectivity index (χ1v) is 4.27. The Morgan fingerprint density at radius 3 is 3.14 bits per heavy atom. The van der Waals surface area contributed by atoms with E-state index in [-0.39, 0.29) is 0 Å². The van der Waals surface area contributed by atoms with Gasteiger partial charge in [0.25, 0.3) is 0 Å². The number of carbonyl (C=O) groups is 1. The summed E-state index contributed by atoms with van der Waals surface area (Å²) in [6, 6.07) is 1.91. The molecule has 5 heteroatoms. The number of nitrogens with zero attached hydrogens (tertiary/aromatic N) is 2. The van der Waals surface area contributed by atoms with Crippen LogP contribution in [0.5, 0.6) is 0 Å². The van der Waals surface area contributed by atoms with E-state index >= 15 is 0 Å². The summed E-state index contributed by atoms with van der Waals surface area (Å²) in [5.41, 5.74) is 0.941. The smallest absolute Gasteiger partial charge is 0.328 e. The number of aryl methyl sites for hydroxylation is 1. The molecule has 0 spiro atoms. The monoisotopic (exact) mass is 195 g/mol. The van der Waals surface area contributed by atoms with Crippen molar-refractivity contribution in [1.82, 2.24) is 15.1 Å². The maximum absolute atomic E-state index is 10.1. The lowest BCUT2D eigenvalue weighted by molar-refractivity contribution is -0.131. The van der Waals surface area contributed by atoms with Crippen LogP contribution in [-0.2, 0) is 18.4 Å². The number of hydrogen-bond donors (Lipinski definition) is 2. The van der Waals surface area contributed by atoms with Crippen LogP contribution in [0.1, 0.15) is 5.69 Å². The second-order valence-electron chi connectivity index (χ2n) is 2.85. The molecular formula is C9H13N3O2. The van der Waals surface area contributed by atoms with Gasteiger partial charge in [0.1, 0.15) is 0 Å². The molecule has 1 aromatic heterocycles. The lowest BCUT2D eigenvalue weighted by Crippen LogP contribution is -2.13. The Morgan fingerprint density at radius 1 is 1.79 bits per heavy atom. The third-order valence-electron chi connectivity index (χ3n) is 1.60. The Bertz CT molecular complexity index is 331. The van der Waals surface area contributed by atoms with Gasteiger partial charge in [-0.2, -0.15) is 5.10 Å². The molecule has 1 aromatic rings. The van der Waals surface area contributed by atoms with Crippen molar-refractivity contribution in [3.05, 3.63) is 30.1 Å². The summed E-state index contributed by atoms with van der Waals surface area (Å²) in [5, 5.41) is 15.5. The van der Waals surface area contributed by atoms with E-state index in [4.69, 9.17) is 5.11 Å². The second kappa shape index (κ2) is 5.18. The molecule has 2 N–H and O–H groups in total. The molecule has 0 saturated heterocycles. The fraction of sp³-hybridized carbons (Fsp3) is 0.333. The summed E-state index contributed by atoms with van der Waals surface area (Å²) in [7, 11) is 1.85. The van der Waals surface area contributed by atoms with E-state index in [2.05, 4.69) is 10.4 Å². The highest BCUT2D eigenvalue weighted by atomic mass is 16.4. The summed E-state index contributed by atoms with van der Waals surface area (Å²) in [6.45, 7) is 1.17. The number of aromatic nitrogens is 2. The second-order valence-corrected chi connectivity index (χ2v) is 2.85. The van der Waals surface area contributed by atoms with Crippen LogP contribution in [0.3, 0.4) is 0 Å². The SMILES string of the molecule is Cn1ccc(CNC/C=C/C(=O)O)n1. The molecule has 0 aliphatic carbocycles. The molecule has 0 saturated carbocycles. The van der Waals surface area contributed by atoms with Crippen LogP contribution in [0.2, 0.25) is 0 Å². The van der Waals surface area contributed by atoms with Gasteiger partial charge in [-0.3, -0.25) is 4.68 Å². The first kappa shape index (κ1) is 10.5. The van der Waals surface area contributed by atoms with Gasteiger partial charge in [0.15, 0.2) is 0 Å². The molecule has 1 heterocycles. The van der Waals surface area contributed by atoms with Gasteiger partial charge in [0, 0.05) is 32.4 Å². The molecule has 0 atom stereocenters.